The van der Waals surface area contributed by atoms with E-state index >= 15 is 0 Å². The van der Waals surface area contributed by atoms with Crippen molar-refractivity contribution in [3.05, 3.63) is 64.7 Å². The molecule has 5 nitrogen and oxygen atoms in total. The zero-order chi connectivity index (χ0) is 17.6. The summed E-state index contributed by atoms with van der Waals surface area (Å²) in [6, 6.07) is 13.3. The lowest BCUT2D eigenvalue weighted by Crippen LogP contribution is -2.30. The lowest BCUT2D eigenvalue weighted by Gasteiger charge is -2.11. The molecule has 2 amide bonds. The standard InChI is InChI=1S/C20H23N3O2.ClH/c21-10-11-22-20(25)17-6-1-2-7-18(17)23-19(24)13-14-8-9-15-4-3-5-16(15)12-14;/h1-2,6-9,12H,3-5,10-11,13,21H2,(H,22,25)(H,23,24);1H. The second-order valence-corrected chi connectivity index (χ2v) is 6.27. The first-order valence-corrected chi connectivity index (χ1v) is 8.65. The minimum Gasteiger partial charge on any atom is -0.351 e. The predicted octanol–water partition coefficient (Wildman–Crippen LogP) is 2.47. The molecule has 1 aliphatic carbocycles. The van der Waals surface area contributed by atoms with Gasteiger partial charge in [0, 0.05) is 13.1 Å². The maximum absolute atomic E-state index is 12.4. The molecule has 0 aliphatic heterocycles. The van der Waals surface area contributed by atoms with Gasteiger partial charge in [-0.15, -0.1) is 12.4 Å². The fraction of sp³-hybridized carbons (Fsp3) is 0.300. The molecular formula is C20H24ClN3O2. The van der Waals surface area contributed by atoms with Gasteiger partial charge < -0.3 is 16.4 Å². The van der Waals surface area contributed by atoms with Crippen molar-refractivity contribution in [2.75, 3.05) is 18.4 Å². The third kappa shape index (κ3) is 4.84. The van der Waals surface area contributed by atoms with Crippen LogP contribution in [0.4, 0.5) is 5.69 Å². The molecule has 0 aromatic heterocycles. The Labute approximate surface area is 159 Å². The highest BCUT2D eigenvalue weighted by molar-refractivity contribution is 6.04. The van der Waals surface area contributed by atoms with Crippen LogP contribution in [0.2, 0.25) is 0 Å². The Bertz CT molecular complexity index is 792. The molecule has 0 bridgehead atoms. The van der Waals surface area contributed by atoms with E-state index in [1.54, 1.807) is 24.3 Å². The van der Waals surface area contributed by atoms with Gasteiger partial charge >= 0.3 is 0 Å². The van der Waals surface area contributed by atoms with E-state index in [9.17, 15) is 9.59 Å². The summed E-state index contributed by atoms with van der Waals surface area (Å²) in [5, 5.41) is 5.58. The number of amides is 2. The van der Waals surface area contributed by atoms with Crippen LogP contribution < -0.4 is 16.4 Å². The van der Waals surface area contributed by atoms with Crippen LogP contribution in [-0.4, -0.2) is 24.9 Å². The molecule has 1 aliphatic rings. The first-order valence-electron chi connectivity index (χ1n) is 8.65. The summed E-state index contributed by atoms with van der Waals surface area (Å²) in [4.78, 5) is 24.6. The average Bonchev–Trinajstić information content (AvgIpc) is 3.07. The van der Waals surface area contributed by atoms with Gasteiger partial charge in [0.15, 0.2) is 0 Å². The molecule has 6 heteroatoms. The van der Waals surface area contributed by atoms with Crippen molar-refractivity contribution in [3.63, 3.8) is 0 Å². The van der Waals surface area contributed by atoms with E-state index in [1.807, 2.05) is 6.07 Å². The van der Waals surface area contributed by atoms with E-state index in [0.29, 0.717) is 30.8 Å². The number of carbonyl (C=O) groups excluding carboxylic acids is 2. The Hall–Kier alpha value is -2.37. The number of halogens is 1. The summed E-state index contributed by atoms with van der Waals surface area (Å²) in [6.45, 7) is 0.773. The van der Waals surface area contributed by atoms with Crippen molar-refractivity contribution in [2.24, 2.45) is 5.73 Å². The summed E-state index contributed by atoms with van der Waals surface area (Å²) >= 11 is 0. The Balaban J connectivity index is 0.00000243. The highest BCUT2D eigenvalue weighted by atomic mass is 35.5. The fourth-order valence-electron chi connectivity index (χ4n) is 3.19. The predicted molar refractivity (Wildman–Crippen MR) is 106 cm³/mol. The number of aryl methyl sites for hydroxylation is 2. The van der Waals surface area contributed by atoms with Crippen LogP contribution in [0.1, 0.15) is 33.5 Å². The molecule has 0 saturated heterocycles. The quantitative estimate of drug-likeness (QED) is 0.727. The van der Waals surface area contributed by atoms with Gasteiger partial charge in [0.2, 0.25) is 5.91 Å². The van der Waals surface area contributed by atoms with E-state index < -0.39 is 0 Å². The summed E-state index contributed by atoms with van der Waals surface area (Å²) in [7, 11) is 0. The maximum Gasteiger partial charge on any atom is 0.253 e. The van der Waals surface area contributed by atoms with Crippen molar-refractivity contribution >= 4 is 29.9 Å². The molecule has 2 aromatic carbocycles. The van der Waals surface area contributed by atoms with Gasteiger partial charge in [0.25, 0.3) is 5.91 Å². The minimum atomic E-state index is -0.237. The van der Waals surface area contributed by atoms with E-state index in [4.69, 9.17) is 5.73 Å². The van der Waals surface area contributed by atoms with Gasteiger partial charge in [-0.3, -0.25) is 9.59 Å². The molecule has 4 N–H and O–H groups in total. The number of rotatable bonds is 6. The first-order chi connectivity index (χ1) is 12.2. The molecule has 0 heterocycles. The van der Waals surface area contributed by atoms with Gasteiger partial charge in [0.05, 0.1) is 17.7 Å². The molecule has 26 heavy (non-hydrogen) atoms. The zero-order valence-electron chi connectivity index (χ0n) is 14.6. The molecule has 0 radical (unpaired) electrons. The highest BCUT2D eigenvalue weighted by Gasteiger charge is 2.15. The summed E-state index contributed by atoms with van der Waals surface area (Å²) in [5.74, 6) is -0.365. The molecule has 3 rings (SSSR count). The van der Waals surface area contributed by atoms with Crippen LogP contribution >= 0.6 is 12.4 Å². The van der Waals surface area contributed by atoms with Crippen LogP contribution in [-0.2, 0) is 24.1 Å². The van der Waals surface area contributed by atoms with Crippen molar-refractivity contribution in [3.8, 4) is 0 Å². The second kappa shape index (κ2) is 9.36. The minimum absolute atomic E-state index is 0. The number of anilines is 1. The number of nitrogens with two attached hydrogens (primary N) is 1. The number of hydrogen-bond acceptors (Lipinski definition) is 3. The number of nitrogens with one attached hydrogen (secondary N) is 2. The van der Waals surface area contributed by atoms with Crippen LogP contribution in [0, 0.1) is 0 Å². The summed E-state index contributed by atoms with van der Waals surface area (Å²) < 4.78 is 0. The van der Waals surface area contributed by atoms with Crippen molar-refractivity contribution < 1.29 is 9.59 Å². The second-order valence-electron chi connectivity index (χ2n) is 6.27. The topological polar surface area (TPSA) is 84.2 Å². The highest BCUT2D eigenvalue weighted by Crippen LogP contribution is 2.23. The van der Waals surface area contributed by atoms with E-state index in [1.165, 1.54) is 17.5 Å². The SMILES string of the molecule is Cl.NCCNC(=O)c1ccccc1NC(=O)Cc1ccc2c(c1)CCC2. The Morgan fingerprint density at radius 3 is 2.62 bits per heavy atom. The summed E-state index contributed by atoms with van der Waals surface area (Å²) in [5.41, 5.74) is 10.1. The number of benzene rings is 2. The Kier molecular flexibility index (Phi) is 7.18. The monoisotopic (exact) mass is 373 g/mol. The average molecular weight is 374 g/mol. The Morgan fingerprint density at radius 1 is 1.04 bits per heavy atom. The number of fused-ring (bicyclic) bond motifs is 1. The van der Waals surface area contributed by atoms with E-state index in [0.717, 1.165) is 18.4 Å². The molecule has 0 atom stereocenters. The lowest BCUT2D eigenvalue weighted by molar-refractivity contribution is -0.115. The van der Waals surface area contributed by atoms with Crippen LogP contribution in [0.5, 0.6) is 0 Å². The molecule has 0 unspecified atom stereocenters. The fourth-order valence-corrected chi connectivity index (χ4v) is 3.19. The maximum atomic E-state index is 12.4. The zero-order valence-corrected chi connectivity index (χ0v) is 15.4. The molecule has 138 valence electrons. The van der Waals surface area contributed by atoms with Crippen molar-refractivity contribution in [1.82, 2.24) is 5.32 Å². The molecule has 0 fully saturated rings. The summed E-state index contributed by atoms with van der Waals surface area (Å²) in [6.07, 6.45) is 3.71. The first kappa shape index (κ1) is 19.9. The van der Waals surface area contributed by atoms with Gasteiger partial charge in [0.1, 0.15) is 0 Å². The molecule has 0 saturated carbocycles. The Morgan fingerprint density at radius 2 is 1.81 bits per heavy atom. The normalized spacial score (nSPS) is 12.0. The third-order valence-electron chi connectivity index (χ3n) is 4.40. The molecule has 2 aromatic rings. The van der Waals surface area contributed by atoms with Crippen LogP contribution in [0.3, 0.4) is 0 Å². The van der Waals surface area contributed by atoms with E-state index in [2.05, 4.69) is 22.8 Å². The smallest absolute Gasteiger partial charge is 0.253 e. The van der Waals surface area contributed by atoms with E-state index in [-0.39, 0.29) is 24.2 Å². The van der Waals surface area contributed by atoms with Gasteiger partial charge in [-0.25, -0.2) is 0 Å². The largest absolute Gasteiger partial charge is 0.351 e. The number of hydrogen-bond donors (Lipinski definition) is 3. The number of para-hydroxylation sites is 1. The van der Waals surface area contributed by atoms with Crippen LogP contribution in [0.15, 0.2) is 42.5 Å². The lowest BCUT2D eigenvalue weighted by atomic mass is 10.0. The van der Waals surface area contributed by atoms with Crippen molar-refractivity contribution in [2.45, 2.75) is 25.7 Å². The van der Waals surface area contributed by atoms with Gasteiger partial charge in [-0.1, -0.05) is 30.3 Å². The van der Waals surface area contributed by atoms with Gasteiger partial charge in [-0.05, 0) is 48.1 Å². The third-order valence-corrected chi connectivity index (χ3v) is 4.40. The van der Waals surface area contributed by atoms with Crippen LogP contribution in [0.25, 0.3) is 0 Å². The molecular weight excluding hydrogens is 350 g/mol. The van der Waals surface area contributed by atoms with Gasteiger partial charge in [-0.2, -0.15) is 0 Å². The number of carbonyl (C=O) groups is 2. The van der Waals surface area contributed by atoms with Crippen molar-refractivity contribution in [1.29, 1.82) is 0 Å². The molecule has 0 spiro atoms.